The molecule has 2 aromatic rings. The highest BCUT2D eigenvalue weighted by molar-refractivity contribution is 6.35. The number of para-hydroxylation sites is 1. The number of nitrogen functional groups attached to an aromatic ring is 1. The number of epoxide rings is 1. The third-order valence-electron chi connectivity index (χ3n) is 10.6. The van der Waals surface area contributed by atoms with Crippen molar-refractivity contribution in [2.45, 2.75) is 88.7 Å². The van der Waals surface area contributed by atoms with Crippen LogP contribution in [0.15, 0.2) is 60.2 Å². The number of amides is 3. The van der Waals surface area contributed by atoms with Crippen LogP contribution in [0.2, 0.25) is 5.02 Å². The van der Waals surface area contributed by atoms with Crippen molar-refractivity contribution >= 4 is 46.9 Å². The highest BCUT2D eigenvalue weighted by Crippen LogP contribution is 2.49. The topological polar surface area (TPSA) is 182 Å². The first-order chi connectivity index (χ1) is 25.4. The van der Waals surface area contributed by atoms with Crippen LogP contribution in [0, 0.1) is 5.92 Å². The van der Waals surface area contributed by atoms with Gasteiger partial charge in [-0.15, -0.1) is 0 Å². The molecule has 0 unspecified atom stereocenters. The van der Waals surface area contributed by atoms with E-state index in [9.17, 15) is 24.3 Å². The summed E-state index contributed by atoms with van der Waals surface area (Å²) in [4.78, 5) is 56.8. The monoisotopic (exact) mass is 768 g/mol. The molecule has 0 radical (unpaired) electrons. The minimum absolute atomic E-state index is 0.0653. The Labute approximate surface area is 320 Å². The number of esters is 1. The number of rotatable bonds is 6. The second kappa shape index (κ2) is 16.0. The van der Waals surface area contributed by atoms with Gasteiger partial charge < -0.3 is 44.3 Å². The molecule has 0 saturated carbocycles. The van der Waals surface area contributed by atoms with E-state index in [0.29, 0.717) is 17.9 Å². The third-order valence-corrected chi connectivity index (χ3v) is 11.0. The second-order valence-electron chi connectivity index (χ2n) is 14.4. The first-order valence-corrected chi connectivity index (χ1v) is 18.0. The molecule has 2 fully saturated rings. The van der Waals surface area contributed by atoms with Crippen LogP contribution in [0.5, 0.6) is 5.75 Å². The van der Waals surface area contributed by atoms with Gasteiger partial charge in [0.2, 0.25) is 5.91 Å². The summed E-state index contributed by atoms with van der Waals surface area (Å²) in [7, 11) is 5.93. The van der Waals surface area contributed by atoms with E-state index in [4.69, 9.17) is 41.0 Å². The molecule has 4 bridgehead atoms. The second-order valence-corrected chi connectivity index (χ2v) is 14.8. The number of benzene rings is 2. The molecule has 5 rings (SSSR count). The molecule has 2 saturated heterocycles. The molecule has 0 aromatic heterocycles. The number of alkyl carbamates (subject to hydrolysis) is 1. The van der Waals surface area contributed by atoms with Gasteiger partial charge in [-0.25, -0.2) is 9.59 Å². The van der Waals surface area contributed by atoms with Gasteiger partial charge in [0.25, 0.3) is 5.91 Å². The zero-order valence-electron chi connectivity index (χ0n) is 31.8. The highest BCUT2D eigenvalue weighted by Gasteiger charge is 2.64. The molecule has 0 spiro atoms. The van der Waals surface area contributed by atoms with Crippen LogP contribution < -0.4 is 20.7 Å². The normalized spacial score (nSPS) is 30.7. The number of nitrogens with one attached hydrogen (secondary N) is 1. The number of fused-ring (bicyclic) bond motifs is 5. The average Bonchev–Trinajstić information content (AvgIpc) is 3.83. The van der Waals surface area contributed by atoms with Crippen LogP contribution in [0.25, 0.3) is 0 Å². The Morgan fingerprint density at radius 2 is 1.91 bits per heavy atom. The summed E-state index contributed by atoms with van der Waals surface area (Å²) in [5.41, 5.74) is 5.51. The van der Waals surface area contributed by atoms with Crippen molar-refractivity contribution in [2.75, 3.05) is 38.9 Å². The molecule has 2 aromatic carbocycles. The summed E-state index contributed by atoms with van der Waals surface area (Å²) in [5.74, 6) is -1.93. The molecule has 3 aliphatic rings. The number of halogens is 1. The number of ether oxygens (including phenoxy) is 5. The number of anilines is 2. The predicted molar refractivity (Wildman–Crippen MR) is 201 cm³/mol. The lowest BCUT2D eigenvalue weighted by Gasteiger charge is -2.42. The third kappa shape index (κ3) is 8.21. The molecule has 15 heteroatoms. The summed E-state index contributed by atoms with van der Waals surface area (Å²) in [6.07, 6.45) is 0.750. The number of nitrogens with zero attached hydrogens (tertiary/aromatic N) is 2. The van der Waals surface area contributed by atoms with Gasteiger partial charge in [0.1, 0.15) is 40.7 Å². The van der Waals surface area contributed by atoms with Crippen LogP contribution in [-0.4, -0.2) is 104 Å². The minimum atomic E-state index is -1.84. The summed E-state index contributed by atoms with van der Waals surface area (Å²) in [5, 5.41) is 14.5. The first kappa shape index (κ1) is 40.6. The smallest absolute Gasteiger partial charge is 0.409 e. The van der Waals surface area contributed by atoms with Gasteiger partial charge in [0.05, 0.1) is 30.9 Å². The summed E-state index contributed by atoms with van der Waals surface area (Å²) < 4.78 is 29.2. The zero-order valence-corrected chi connectivity index (χ0v) is 32.5. The molecule has 3 amide bonds. The van der Waals surface area contributed by atoms with Crippen molar-refractivity contribution in [1.29, 1.82) is 0 Å². The van der Waals surface area contributed by atoms with E-state index in [1.807, 2.05) is 13.0 Å². The van der Waals surface area contributed by atoms with Crippen molar-refractivity contribution in [1.82, 2.24) is 10.2 Å². The number of carbonyl (C=O) groups is 4. The van der Waals surface area contributed by atoms with Crippen LogP contribution in [0.4, 0.5) is 16.2 Å². The quantitative estimate of drug-likeness (QED) is 0.215. The Bertz CT molecular complexity index is 1850. The van der Waals surface area contributed by atoms with Gasteiger partial charge in [-0.1, -0.05) is 54.5 Å². The van der Waals surface area contributed by atoms with Crippen molar-refractivity contribution in [3.8, 4) is 5.75 Å². The Morgan fingerprint density at radius 3 is 2.57 bits per heavy atom. The largest absolute Gasteiger partial charge is 0.495 e. The lowest BCUT2D eigenvalue weighted by Crippen LogP contribution is -2.63. The zero-order chi connectivity index (χ0) is 39.7. The van der Waals surface area contributed by atoms with Gasteiger partial charge in [0, 0.05) is 39.2 Å². The number of carbonyl (C=O) groups excluding carboxylic acids is 4. The minimum Gasteiger partial charge on any atom is -0.495 e. The molecule has 3 heterocycles. The first-order valence-electron chi connectivity index (χ1n) is 17.6. The SMILES string of the molecule is COc1cc2cc(c1Cl)N(C)C(=O)C[C@H](OC(=O)[C@H](C)N(C)C(=O)c1ccccc1N)[C@]1(C)O[C@H]1[C@H](C)[C@@H]1C[C@@](O)(NC(=O)O1)[C@H](OC)/C=C/C=C(\C)C2. The number of nitrogens with two attached hydrogens (primary N) is 1. The Morgan fingerprint density at radius 1 is 1.20 bits per heavy atom. The van der Waals surface area contributed by atoms with E-state index < -0.39 is 71.6 Å². The molecule has 292 valence electrons. The molecule has 14 nitrogen and oxygen atoms in total. The van der Waals surface area contributed by atoms with E-state index in [1.54, 1.807) is 69.4 Å². The summed E-state index contributed by atoms with van der Waals surface area (Å²) >= 11 is 6.76. The van der Waals surface area contributed by atoms with Crippen LogP contribution in [0.1, 0.15) is 56.5 Å². The maximum atomic E-state index is 14.2. The lowest BCUT2D eigenvalue weighted by molar-refractivity contribution is -0.158. The van der Waals surface area contributed by atoms with E-state index in [-0.39, 0.29) is 29.1 Å². The predicted octanol–water partition coefficient (Wildman–Crippen LogP) is 4.41. The van der Waals surface area contributed by atoms with Gasteiger partial charge >= 0.3 is 12.1 Å². The molecule has 3 aliphatic heterocycles. The van der Waals surface area contributed by atoms with Crippen molar-refractivity contribution < 1.29 is 48.0 Å². The Kier molecular flexibility index (Phi) is 12.0. The van der Waals surface area contributed by atoms with Gasteiger partial charge in [-0.05, 0) is 57.0 Å². The Balaban J connectivity index is 1.53. The molecule has 4 N–H and O–H groups in total. The molecule has 0 aliphatic carbocycles. The number of likely N-dealkylation sites (N-methyl/N-ethyl adjacent to an activating group) is 1. The molecular weight excluding hydrogens is 720 g/mol. The van der Waals surface area contributed by atoms with E-state index in [0.717, 1.165) is 11.1 Å². The molecule has 8 atom stereocenters. The Hall–Kier alpha value is -4.63. The molecule has 54 heavy (non-hydrogen) atoms. The van der Waals surface area contributed by atoms with E-state index >= 15 is 0 Å². The summed E-state index contributed by atoms with van der Waals surface area (Å²) in [6, 6.07) is 8.99. The van der Waals surface area contributed by atoms with Gasteiger partial charge in [0.15, 0.2) is 5.72 Å². The fourth-order valence-corrected chi connectivity index (χ4v) is 7.37. The number of methoxy groups -OCH3 is 2. The fraction of sp³-hybridized carbons (Fsp3) is 0.487. The number of allylic oxidation sites excluding steroid dienone is 3. The van der Waals surface area contributed by atoms with Crippen molar-refractivity contribution in [3.63, 3.8) is 0 Å². The number of hydrogen-bond acceptors (Lipinski definition) is 11. The lowest BCUT2D eigenvalue weighted by atomic mass is 9.83. The fourth-order valence-electron chi connectivity index (χ4n) is 7.06. The average molecular weight is 769 g/mol. The highest BCUT2D eigenvalue weighted by atomic mass is 35.5. The van der Waals surface area contributed by atoms with Crippen LogP contribution >= 0.6 is 11.6 Å². The van der Waals surface area contributed by atoms with Crippen molar-refractivity contribution in [3.05, 3.63) is 76.3 Å². The van der Waals surface area contributed by atoms with Crippen LogP contribution in [0.3, 0.4) is 0 Å². The van der Waals surface area contributed by atoms with E-state index in [2.05, 4.69) is 5.32 Å². The van der Waals surface area contributed by atoms with Crippen LogP contribution in [-0.2, 0) is 35.0 Å². The maximum Gasteiger partial charge on any atom is 0.409 e. The maximum absolute atomic E-state index is 14.2. The van der Waals surface area contributed by atoms with E-state index in [1.165, 1.54) is 38.0 Å². The van der Waals surface area contributed by atoms with Gasteiger partial charge in [-0.3, -0.25) is 14.9 Å². The number of hydrogen-bond donors (Lipinski definition) is 3. The molecular formula is C39H49ClN4O10. The number of aliphatic hydroxyl groups is 1. The van der Waals surface area contributed by atoms with Crippen molar-refractivity contribution in [2.24, 2.45) is 5.92 Å². The standard InChI is InChI=1S/C39H49ClN4O10/c1-21-12-11-15-30(51-8)39(49)20-29(52-37(48)42-39)22(2)34-38(4,54-34)31(19-32(45)44(6)27-17-24(16-21)18-28(50-7)33(27)40)53-36(47)23(3)43(5)35(46)25-13-9-10-14-26(25)41/h9-15,17-18,22-23,29-31,34,49H,16,19-20,41H2,1-8H3,(H,42,48)/b15-11+,21-12+/t22-,23+,29+,30-,31+,34+,38+,39+/m1/s1. The summed E-state index contributed by atoms with van der Waals surface area (Å²) in [6.45, 7) is 6.92. The van der Waals surface area contributed by atoms with Gasteiger partial charge in [-0.2, -0.15) is 0 Å².